The van der Waals surface area contributed by atoms with Gasteiger partial charge >= 0.3 is 0 Å². The summed E-state index contributed by atoms with van der Waals surface area (Å²) in [5.41, 5.74) is 2.63. The zero-order valence-corrected chi connectivity index (χ0v) is 22.2. The first-order valence-electron chi connectivity index (χ1n) is 12.8. The summed E-state index contributed by atoms with van der Waals surface area (Å²) in [7, 11) is 3.13. The van der Waals surface area contributed by atoms with Crippen LogP contribution in [-0.2, 0) is 13.1 Å². The van der Waals surface area contributed by atoms with Crippen molar-refractivity contribution in [2.45, 2.75) is 13.1 Å². The highest BCUT2D eigenvalue weighted by atomic mass is 16.5. The Kier molecular flexibility index (Phi) is 6.47. The number of benzene rings is 4. The third-order valence-electron chi connectivity index (χ3n) is 7.12. The molecule has 2 aliphatic heterocycles. The molecule has 0 bridgehead atoms. The van der Waals surface area contributed by atoms with Crippen LogP contribution in [0.5, 0.6) is 23.0 Å². The predicted molar refractivity (Wildman–Crippen MR) is 147 cm³/mol. The molecular weight excluding hydrogens is 524 g/mol. The van der Waals surface area contributed by atoms with Crippen molar-refractivity contribution in [1.29, 1.82) is 0 Å². The number of hydrogen-bond acceptors (Lipinski definition) is 7. The molecular formula is C32H24N2O7. The molecule has 0 fully saturated rings. The maximum absolute atomic E-state index is 13.1. The van der Waals surface area contributed by atoms with Crippen LogP contribution in [0.4, 0.5) is 0 Å². The van der Waals surface area contributed by atoms with Gasteiger partial charge in [0.05, 0.1) is 49.6 Å². The largest absolute Gasteiger partial charge is 0.497 e. The summed E-state index contributed by atoms with van der Waals surface area (Å²) in [6.45, 7) is 0.251. The number of rotatable bonds is 8. The van der Waals surface area contributed by atoms with Crippen molar-refractivity contribution in [3.8, 4) is 23.0 Å². The zero-order chi connectivity index (χ0) is 28.7. The van der Waals surface area contributed by atoms with Crippen LogP contribution in [0.15, 0.2) is 84.9 Å². The van der Waals surface area contributed by atoms with E-state index in [0.29, 0.717) is 34.1 Å². The smallest absolute Gasteiger partial charge is 0.262 e. The topological polar surface area (TPSA) is 102 Å². The van der Waals surface area contributed by atoms with E-state index in [0.717, 1.165) is 11.1 Å². The molecule has 2 heterocycles. The van der Waals surface area contributed by atoms with Crippen LogP contribution in [0.2, 0.25) is 0 Å². The average Bonchev–Trinajstić information content (AvgIpc) is 3.37. The van der Waals surface area contributed by atoms with Crippen LogP contribution in [0, 0.1) is 0 Å². The third-order valence-corrected chi connectivity index (χ3v) is 7.12. The van der Waals surface area contributed by atoms with Crippen molar-refractivity contribution in [3.05, 3.63) is 118 Å². The molecule has 41 heavy (non-hydrogen) atoms. The second kappa shape index (κ2) is 10.3. The van der Waals surface area contributed by atoms with Crippen LogP contribution in [-0.4, -0.2) is 47.6 Å². The van der Waals surface area contributed by atoms with Crippen molar-refractivity contribution in [2.24, 2.45) is 0 Å². The Labute approximate surface area is 235 Å². The summed E-state index contributed by atoms with van der Waals surface area (Å²) in [6.07, 6.45) is 0. The third kappa shape index (κ3) is 4.67. The minimum atomic E-state index is -0.421. The summed E-state index contributed by atoms with van der Waals surface area (Å²) in [6, 6.07) is 23.6. The lowest BCUT2D eigenvalue weighted by Crippen LogP contribution is -2.29. The highest BCUT2D eigenvalue weighted by molar-refractivity contribution is 6.22. The van der Waals surface area contributed by atoms with Crippen molar-refractivity contribution in [2.75, 3.05) is 14.2 Å². The van der Waals surface area contributed by atoms with E-state index in [2.05, 4.69) is 0 Å². The van der Waals surface area contributed by atoms with E-state index in [9.17, 15) is 19.2 Å². The molecule has 9 nitrogen and oxygen atoms in total. The number of fused-ring (bicyclic) bond motifs is 2. The number of hydrogen-bond donors (Lipinski definition) is 0. The summed E-state index contributed by atoms with van der Waals surface area (Å²) in [5, 5.41) is 0. The Balaban J connectivity index is 1.18. The number of methoxy groups -OCH3 is 2. The van der Waals surface area contributed by atoms with Gasteiger partial charge in [0.25, 0.3) is 23.6 Å². The van der Waals surface area contributed by atoms with Gasteiger partial charge in [0.2, 0.25) is 0 Å². The van der Waals surface area contributed by atoms with Crippen molar-refractivity contribution >= 4 is 23.6 Å². The number of imide groups is 2. The van der Waals surface area contributed by atoms with Gasteiger partial charge in [-0.2, -0.15) is 0 Å². The Bertz CT molecular complexity index is 1580. The second-order valence-corrected chi connectivity index (χ2v) is 9.61. The molecule has 0 N–H and O–H groups in total. The molecule has 4 aromatic rings. The molecule has 204 valence electrons. The van der Waals surface area contributed by atoms with Crippen LogP contribution >= 0.6 is 0 Å². The Hall–Kier alpha value is -5.44. The number of amides is 4. The number of carbonyl (C=O) groups excluding carboxylic acids is 4. The summed E-state index contributed by atoms with van der Waals surface area (Å²) >= 11 is 0. The molecule has 0 atom stereocenters. The Morgan fingerprint density at radius 3 is 1.17 bits per heavy atom. The molecule has 9 heteroatoms. The molecule has 4 amide bonds. The van der Waals surface area contributed by atoms with E-state index in [-0.39, 0.29) is 36.0 Å². The van der Waals surface area contributed by atoms with E-state index >= 15 is 0 Å². The van der Waals surface area contributed by atoms with Crippen molar-refractivity contribution in [1.82, 2.24) is 9.80 Å². The van der Waals surface area contributed by atoms with Crippen LogP contribution in [0.3, 0.4) is 0 Å². The van der Waals surface area contributed by atoms with E-state index in [1.807, 2.05) is 0 Å². The molecule has 0 radical (unpaired) electrons. The zero-order valence-electron chi connectivity index (χ0n) is 22.2. The van der Waals surface area contributed by atoms with E-state index in [1.165, 1.54) is 21.9 Å². The lowest BCUT2D eigenvalue weighted by atomic mass is 10.1. The molecule has 0 aliphatic carbocycles. The van der Waals surface area contributed by atoms with Gasteiger partial charge in [0.1, 0.15) is 23.0 Å². The van der Waals surface area contributed by atoms with Crippen LogP contribution < -0.4 is 14.2 Å². The number of ether oxygens (including phenoxy) is 3. The first-order chi connectivity index (χ1) is 19.9. The highest BCUT2D eigenvalue weighted by Crippen LogP contribution is 2.33. The van der Waals surface area contributed by atoms with Gasteiger partial charge in [-0.05, 0) is 71.8 Å². The first kappa shape index (κ1) is 25.8. The molecule has 6 rings (SSSR count). The second-order valence-electron chi connectivity index (χ2n) is 9.61. The van der Waals surface area contributed by atoms with Crippen molar-refractivity contribution in [3.63, 3.8) is 0 Å². The fourth-order valence-electron chi connectivity index (χ4n) is 4.92. The normalized spacial score (nSPS) is 13.9. The quantitative estimate of drug-likeness (QED) is 0.283. The van der Waals surface area contributed by atoms with Crippen molar-refractivity contribution < 1.29 is 33.4 Å². The minimum Gasteiger partial charge on any atom is -0.497 e. The van der Waals surface area contributed by atoms with Crippen LogP contribution in [0.25, 0.3) is 0 Å². The van der Waals surface area contributed by atoms with E-state index in [1.54, 1.807) is 87.0 Å². The van der Waals surface area contributed by atoms with Gasteiger partial charge in [-0.3, -0.25) is 29.0 Å². The summed E-state index contributed by atoms with van der Waals surface area (Å²) in [5.74, 6) is 0.397. The van der Waals surface area contributed by atoms with Gasteiger partial charge in [0.15, 0.2) is 0 Å². The number of nitrogens with zero attached hydrogens (tertiary/aromatic N) is 2. The fourth-order valence-corrected chi connectivity index (χ4v) is 4.92. The Morgan fingerprint density at radius 2 is 0.805 bits per heavy atom. The lowest BCUT2D eigenvalue weighted by Gasteiger charge is -2.14. The molecule has 2 aliphatic rings. The van der Waals surface area contributed by atoms with E-state index in [4.69, 9.17) is 14.2 Å². The molecule has 0 spiro atoms. The van der Waals surface area contributed by atoms with Gasteiger partial charge in [0, 0.05) is 0 Å². The SMILES string of the molecule is COc1ccc(CN2C(=O)c3ccc(Oc4ccc5c(c4)C(=O)N(Cc4ccc(OC)cc4)C5=O)cc3C2=O)cc1. The van der Waals surface area contributed by atoms with E-state index < -0.39 is 11.8 Å². The maximum atomic E-state index is 13.1. The van der Waals surface area contributed by atoms with Gasteiger partial charge in [-0.15, -0.1) is 0 Å². The van der Waals surface area contributed by atoms with Gasteiger partial charge < -0.3 is 14.2 Å². The number of carbonyl (C=O) groups is 4. The minimum absolute atomic E-state index is 0.126. The summed E-state index contributed by atoms with van der Waals surface area (Å²) < 4.78 is 16.3. The average molecular weight is 549 g/mol. The maximum Gasteiger partial charge on any atom is 0.262 e. The standard InChI is InChI=1S/C32H24N2O7/c1-39-21-7-3-19(4-8-21)17-33-29(35)25-13-11-23(15-27(25)31(33)37)41-24-12-14-26-28(16-24)32(38)34(30(26)36)18-20-5-9-22(40-2)10-6-20/h3-16H,17-18H2,1-2H3. The highest BCUT2D eigenvalue weighted by Gasteiger charge is 2.37. The summed E-state index contributed by atoms with van der Waals surface area (Å²) in [4.78, 5) is 54.5. The molecule has 0 aromatic heterocycles. The molecule has 0 saturated carbocycles. The van der Waals surface area contributed by atoms with Gasteiger partial charge in [-0.25, -0.2) is 0 Å². The van der Waals surface area contributed by atoms with Gasteiger partial charge in [-0.1, -0.05) is 24.3 Å². The molecule has 4 aromatic carbocycles. The predicted octanol–water partition coefficient (Wildman–Crippen LogP) is 5.09. The first-order valence-corrected chi connectivity index (χ1v) is 12.8. The molecule has 0 unspecified atom stereocenters. The monoisotopic (exact) mass is 548 g/mol. The Morgan fingerprint density at radius 1 is 0.463 bits per heavy atom. The fraction of sp³-hybridized carbons (Fsp3) is 0.125. The molecule has 0 saturated heterocycles. The lowest BCUT2D eigenvalue weighted by molar-refractivity contribution is 0.0627. The van der Waals surface area contributed by atoms with Crippen LogP contribution in [0.1, 0.15) is 52.6 Å².